The molecule has 17 heavy (non-hydrogen) atoms. The maximum absolute atomic E-state index is 5.67. The third-order valence-corrected chi connectivity index (χ3v) is 3.23. The van der Waals surface area contributed by atoms with E-state index in [9.17, 15) is 0 Å². The van der Waals surface area contributed by atoms with Gasteiger partial charge in [0, 0.05) is 26.2 Å². The molecule has 0 spiro atoms. The lowest BCUT2D eigenvalue weighted by Gasteiger charge is -2.22. The van der Waals surface area contributed by atoms with Gasteiger partial charge in [-0.15, -0.1) is 0 Å². The molecule has 1 saturated heterocycles. The number of benzene rings is 1. The van der Waals surface area contributed by atoms with Crippen LogP contribution in [-0.4, -0.2) is 19.3 Å². The Kier molecular flexibility index (Phi) is 4.98. The molecule has 1 aliphatic rings. The molecular formula is C14H22N2O. The first kappa shape index (κ1) is 12.6. The van der Waals surface area contributed by atoms with Gasteiger partial charge in [0.2, 0.25) is 0 Å². The van der Waals surface area contributed by atoms with Crippen molar-refractivity contribution < 1.29 is 4.74 Å². The fourth-order valence-electron chi connectivity index (χ4n) is 2.14. The Bertz CT molecular complexity index is 317. The Morgan fingerprint density at radius 2 is 1.94 bits per heavy atom. The summed E-state index contributed by atoms with van der Waals surface area (Å²) in [6.07, 6.45) is 4.13. The van der Waals surface area contributed by atoms with Gasteiger partial charge in [-0.2, -0.15) is 0 Å². The summed E-state index contributed by atoms with van der Waals surface area (Å²) in [6.45, 7) is 3.41. The fraction of sp³-hybridized carbons (Fsp3) is 0.571. The maximum atomic E-state index is 5.67. The van der Waals surface area contributed by atoms with Crippen molar-refractivity contribution in [2.45, 2.75) is 38.5 Å². The van der Waals surface area contributed by atoms with Crippen molar-refractivity contribution in [1.29, 1.82) is 0 Å². The smallest absolute Gasteiger partial charge is 0.0699 e. The minimum Gasteiger partial charge on any atom is -0.377 e. The number of hydrogen-bond acceptors (Lipinski definition) is 3. The van der Waals surface area contributed by atoms with Gasteiger partial charge < -0.3 is 15.8 Å². The van der Waals surface area contributed by atoms with Crippen LogP contribution in [0, 0.1) is 0 Å². The van der Waals surface area contributed by atoms with Crippen LogP contribution < -0.4 is 11.1 Å². The van der Waals surface area contributed by atoms with E-state index in [1.165, 1.54) is 30.4 Å². The summed E-state index contributed by atoms with van der Waals surface area (Å²) in [7, 11) is 0. The Balaban J connectivity index is 1.69. The maximum Gasteiger partial charge on any atom is 0.0699 e. The van der Waals surface area contributed by atoms with E-state index in [1.807, 2.05) is 0 Å². The van der Waals surface area contributed by atoms with Crippen molar-refractivity contribution >= 4 is 0 Å². The van der Waals surface area contributed by atoms with Crippen LogP contribution in [0.3, 0.4) is 0 Å². The van der Waals surface area contributed by atoms with Gasteiger partial charge in [0.25, 0.3) is 0 Å². The molecule has 3 N–H and O–H groups in total. The number of rotatable bonds is 5. The molecule has 94 valence electrons. The summed E-state index contributed by atoms with van der Waals surface area (Å²) in [5.74, 6) is 0. The number of hydrogen-bond donors (Lipinski definition) is 2. The van der Waals surface area contributed by atoms with E-state index < -0.39 is 0 Å². The minimum absolute atomic E-state index is 0.409. The highest BCUT2D eigenvalue weighted by Gasteiger charge is 2.12. The first-order chi connectivity index (χ1) is 8.38. The summed E-state index contributed by atoms with van der Waals surface area (Å²) >= 11 is 0. The SMILES string of the molecule is NCc1ccc(CNCC2CCCCO2)cc1. The Morgan fingerprint density at radius 3 is 2.59 bits per heavy atom. The first-order valence-corrected chi connectivity index (χ1v) is 6.48. The quantitative estimate of drug-likeness (QED) is 0.816. The van der Waals surface area contributed by atoms with Crippen molar-refractivity contribution in [3.8, 4) is 0 Å². The molecule has 0 bridgehead atoms. The zero-order valence-electron chi connectivity index (χ0n) is 10.3. The van der Waals surface area contributed by atoms with Gasteiger partial charge in [0.05, 0.1) is 6.10 Å². The highest BCUT2D eigenvalue weighted by molar-refractivity contribution is 5.22. The van der Waals surface area contributed by atoms with E-state index in [1.54, 1.807) is 0 Å². The van der Waals surface area contributed by atoms with E-state index >= 15 is 0 Å². The number of nitrogens with one attached hydrogen (secondary N) is 1. The van der Waals surface area contributed by atoms with Gasteiger partial charge in [-0.3, -0.25) is 0 Å². The lowest BCUT2D eigenvalue weighted by atomic mass is 10.1. The Morgan fingerprint density at radius 1 is 1.18 bits per heavy atom. The number of nitrogens with two attached hydrogens (primary N) is 1. The summed E-state index contributed by atoms with van der Waals surface area (Å²) in [5, 5.41) is 3.45. The largest absolute Gasteiger partial charge is 0.377 e. The van der Waals surface area contributed by atoms with E-state index in [0.29, 0.717) is 12.6 Å². The molecule has 0 amide bonds. The van der Waals surface area contributed by atoms with E-state index in [4.69, 9.17) is 10.5 Å². The van der Waals surface area contributed by atoms with Gasteiger partial charge in [-0.05, 0) is 30.4 Å². The van der Waals surface area contributed by atoms with E-state index in [2.05, 4.69) is 29.6 Å². The highest BCUT2D eigenvalue weighted by Crippen LogP contribution is 2.11. The predicted molar refractivity (Wildman–Crippen MR) is 69.6 cm³/mol. The molecule has 0 aromatic heterocycles. The van der Waals surface area contributed by atoms with Crippen LogP contribution in [0.2, 0.25) is 0 Å². The fourth-order valence-corrected chi connectivity index (χ4v) is 2.14. The lowest BCUT2D eigenvalue weighted by Crippen LogP contribution is -2.31. The van der Waals surface area contributed by atoms with Crippen molar-refractivity contribution in [3.05, 3.63) is 35.4 Å². The zero-order chi connectivity index (χ0) is 11.9. The normalized spacial score (nSPS) is 20.4. The summed E-state index contributed by atoms with van der Waals surface area (Å²) < 4.78 is 5.67. The van der Waals surface area contributed by atoms with Gasteiger partial charge >= 0.3 is 0 Å². The molecule has 1 atom stereocenters. The molecule has 3 nitrogen and oxygen atoms in total. The summed E-state index contributed by atoms with van der Waals surface area (Å²) in [6, 6.07) is 8.45. The third kappa shape index (κ3) is 4.11. The average Bonchev–Trinajstić information content (AvgIpc) is 2.41. The van der Waals surface area contributed by atoms with Crippen molar-refractivity contribution in [2.75, 3.05) is 13.2 Å². The van der Waals surface area contributed by atoms with Crippen LogP contribution in [-0.2, 0) is 17.8 Å². The second-order valence-corrected chi connectivity index (χ2v) is 4.64. The van der Waals surface area contributed by atoms with Crippen molar-refractivity contribution in [1.82, 2.24) is 5.32 Å². The second-order valence-electron chi connectivity index (χ2n) is 4.64. The molecule has 2 rings (SSSR count). The molecule has 0 radical (unpaired) electrons. The molecule has 0 saturated carbocycles. The Labute approximate surface area is 103 Å². The van der Waals surface area contributed by atoms with Crippen molar-refractivity contribution in [2.24, 2.45) is 5.73 Å². The highest BCUT2D eigenvalue weighted by atomic mass is 16.5. The molecular weight excluding hydrogens is 212 g/mol. The monoisotopic (exact) mass is 234 g/mol. The van der Waals surface area contributed by atoms with Gasteiger partial charge in [-0.1, -0.05) is 24.3 Å². The second kappa shape index (κ2) is 6.74. The van der Waals surface area contributed by atoms with Gasteiger partial charge in [0.1, 0.15) is 0 Å². The van der Waals surface area contributed by atoms with Gasteiger partial charge in [-0.25, -0.2) is 0 Å². The first-order valence-electron chi connectivity index (χ1n) is 6.48. The molecule has 1 aromatic carbocycles. The van der Waals surface area contributed by atoms with Crippen LogP contribution in [0.15, 0.2) is 24.3 Å². The molecule has 1 aliphatic heterocycles. The van der Waals surface area contributed by atoms with Crippen LogP contribution >= 0.6 is 0 Å². The Hall–Kier alpha value is -0.900. The minimum atomic E-state index is 0.409. The number of ether oxygens (including phenoxy) is 1. The zero-order valence-corrected chi connectivity index (χ0v) is 10.3. The average molecular weight is 234 g/mol. The third-order valence-electron chi connectivity index (χ3n) is 3.23. The van der Waals surface area contributed by atoms with Crippen LogP contribution in [0.5, 0.6) is 0 Å². The standard InChI is InChI=1S/C14H22N2O/c15-9-12-4-6-13(7-5-12)10-16-11-14-3-1-2-8-17-14/h4-7,14,16H,1-3,8-11,15H2. The molecule has 1 fully saturated rings. The summed E-state index contributed by atoms with van der Waals surface area (Å²) in [5.41, 5.74) is 8.05. The van der Waals surface area contributed by atoms with Crippen LogP contribution in [0.25, 0.3) is 0 Å². The summed E-state index contributed by atoms with van der Waals surface area (Å²) in [4.78, 5) is 0. The lowest BCUT2D eigenvalue weighted by molar-refractivity contribution is 0.0168. The van der Waals surface area contributed by atoms with Crippen LogP contribution in [0.4, 0.5) is 0 Å². The van der Waals surface area contributed by atoms with E-state index in [-0.39, 0.29) is 0 Å². The molecule has 0 aliphatic carbocycles. The van der Waals surface area contributed by atoms with Gasteiger partial charge in [0.15, 0.2) is 0 Å². The molecule has 1 unspecified atom stereocenters. The van der Waals surface area contributed by atoms with E-state index in [0.717, 1.165) is 19.7 Å². The van der Waals surface area contributed by atoms with Crippen LogP contribution in [0.1, 0.15) is 30.4 Å². The predicted octanol–water partition coefficient (Wildman–Crippen LogP) is 1.80. The molecule has 1 aromatic rings. The molecule has 3 heteroatoms. The molecule has 1 heterocycles. The van der Waals surface area contributed by atoms with Crippen molar-refractivity contribution in [3.63, 3.8) is 0 Å². The topological polar surface area (TPSA) is 47.3 Å².